The van der Waals surface area contributed by atoms with Crippen LogP contribution in [0, 0.1) is 5.41 Å². The van der Waals surface area contributed by atoms with Crippen molar-refractivity contribution < 1.29 is 23.1 Å². The van der Waals surface area contributed by atoms with Crippen LogP contribution in [0.15, 0.2) is 0 Å². The fourth-order valence-corrected chi connectivity index (χ4v) is 2.73. The van der Waals surface area contributed by atoms with Crippen molar-refractivity contribution in [3.05, 3.63) is 0 Å². The van der Waals surface area contributed by atoms with E-state index in [1.807, 2.05) is 0 Å². The molecule has 0 aliphatic carbocycles. The summed E-state index contributed by atoms with van der Waals surface area (Å²) in [5.74, 6) is -0.847. The lowest BCUT2D eigenvalue weighted by atomic mass is 9.83. The van der Waals surface area contributed by atoms with Crippen molar-refractivity contribution in [1.29, 1.82) is 0 Å². The minimum Gasteiger partial charge on any atom is -0.390 e. The molecule has 0 saturated carbocycles. The van der Waals surface area contributed by atoms with Gasteiger partial charge in [-0.1, -0.05) is 0 Å². The van der Waals surface area contributed by atoms with E-state index in [1.165, 1.54) is 4.90 Å². The molecule has 1 atom stereocenters. The smallest absolute Gasteiger partial charge is 0.390 e. The largest absolute Gasteiger partial charge is 0.404 e. The van der Waals surface area contributed by atoms with Crippen LogP contribution in [-0.2, 0) is 4.79 Å². The minimum atomic E-state index is -4.53. The third kappa shape index (κ3) is 2.58. The molecule has 0 aromatic carbocycles. The number of aliphatic hydroxyl groups is 1. The number of rotatable bonds is 1. The van der Waals surface area contributed by atoms with E-state index in [1.54, 1.807) is 6.92 Å². The Balaban J connectivity index is 2.14. The van der Waals surface area contributed by atoms with Crippen molar-refractivity contribution in [3.63, 3.8) is 0 Å². The van der Waals surface area contributed by atoms with Crippen LogP contribution in [0.5, 0.6) is 0 Å². The standard InChI is InChI=1S/C12H19F3N2O2/c1-10(19)3-6-17(7-4-10)9(18)11(12(13,14)15)2-5-16-8-11/h16,19H,2-8H2,1H3. The molecule has 1 unspecified atom stereocenters. The summed E-state index contributed by atoms with van der Waals surface area (Å²) in [6.07, 6.45) is -4.10. The molecule has 2 heterocycles. The number of carbonyl (C=O) groups is 1. The van der Waals surface area contributed by atoms with Gasteiger partial charge in [0.25, 0.3) is 0 Å². The molecule has 4 nitrogen and oxygen atoms in total. The zero-order valence-corrected chi connectivity index (χ0v) is 10.9. The van der Waals surface area contributed by atoms with Gasteiger partial charge in [-0.2, -0.15) is 13.2 Å². The highest BCUT2D eigenvalue weighted by atomic mass is 19.4. The molecule has 0 spiro atoms. The number of nitrogens with one attached hydrogen (secondary N) is 1. The number of piperidine rings is 1. The first kappa shape index (κ1) is 14.6. The van der Waals surface area contributed by atoms with Crippen LogP contribution in [0.1, 0.15) is 26.2 Å². The SMILES string of the molecule is CC1(O)CCN(C(=O)C2(C(F)(F)F)CCNC2)CC1. The second-order valence-corrected chi connectivity index (χ2v) is 5.80. The fourth-order valence-electron chi connectivity index (χ4n) is 2.73. The Labute approximate surface area is 110 Å². The highest BCUT2D eigenvalue weighted by Gasteiger charge is 2.62. The number of halogens is 3. The van der Waals surface area contributed by atoms with E-state index in [2.05, 4.69) is 5.32 Å². The quantitative estimate of drug-likeness (QED) is 0.750. The molecule has 19 heavy (non-hydrogen) atoms. The Morgan fingerprint density at radius 3 is 2.26 bits per heavy atom. The zero-order valence-electron chi connectivity index (χ0n) is 10.9. The number of nitrogens with zero attached hydrogens (tertiary/aromatic N) is 1. The maximum absolute atomic E-state index is 13.2. The molecule has 7 heteroatoms. The summed E-state index contributed by atoms with van der Waals surface area (Å²) in [5, 5.41) is 12.4. The van der Waals surface area contributed by atoms with Gasteiger partial charge in [-0.05, 0) is 32.7 Å². The van der Waals surface area contributed by atoms with Crippen molar-refractivity contribution in [1.82, 2.24) is 10.2 Å². The fraction of sp³-hybridized carbons (Fsp3) is 0.917. The van der Waals surface area contributed by atoms with Crippen molar-refractivity contribution in [2.45, 2.75) is 38.0 Å². The predicted octanol–water partition coefficient (Wildman–Crippen LogP) is 0.902. The molecule has 0 aromatic rings. The number of hydrogen-bond donors (Lipinski definition) is 2. The van der Waals surface area contributed by atoms with Crippen molar-refractivity contribution >= 4 is 5.91 Å². The summed E-state index contributed by atoms with van der Waals surface area (Å²) in [6, 6.07) is 0. The summed E-state index contributed by atoms with van der Waals surface area (Å²) < 4.78 is 39.7. The summed E-state index contributed by atoms with van der Waals surface area (Å²) >= 11 is 0. The number of alkyl halides is 3. The van der Waals surface area contributed by atoms with Gasteiger partial charge in [0.15, 0.2) is 5.41 Å². The van der Waals surface area contributed by atoms with Crippen LogP contribution >= 0.6 is 0 Å². The molecule has 0 aromatic heterocycles. The van der Waals surface area contributed by atoms with Gasteiger partial charge < -0.3 is 15.3 Å². The molecule has 2 rings (SSSR count). The molecule has 2 aliphatic heterocycles. The van der Waals surface area contributed by atoms with Gasteiger partial charge in [-0.15, -0.1) is 0 Å². The van der Waals surface area contributed by atoms with Crippen LogP contribution in [0.2, 0.25) is 0 Å². The normalized spacial score (nSPS) is 31.5. The Morgan fingerprint density at radius 2 is 1.84 bits per heavy atom. The summed E-state index contributed by atoms with van der Waals surface area (Å²) in [7, 11) is 0. The maximum atomic E-state index is 13.2. The molecule has 2 aliphatic rings. The Hall–Kier alpha value is -0.820. The molecule has 2 N–H and O–H groups in total. The molecule has 110 valence electrons. The zero-order chi connectivity index (χ0) is 14.3. The Bertz CT molecular complexity index is 352. The first-order valence-corrected chi connectivity index (χ1v) is 6.47. The average molecular weight is 280 g/mol. The Morgan fingerprint density at radius 1 is 1.26 bits per heavy atom. The molecule has 2 saturated heterocycles. The van der Waals surface area contributed by atoms with E-state index in [4.69, 9.17) is 0 Å². The van der Waals surface area contributed by atoms with Gasteiger partial charge in [0.2, 0.25) is 5.91 Å². The van der Waals surface area contributed by atoms with E-state index in [0.717, 1.165) is 0 Å². The molecular weight excluding hydrogens is 261 g/mol. The van der Waals surface area contributed by atoms with Gasteiger partial charge in [-0.25, -0.2) is 0 Å². The second kappa shape index (κ2) is 4.63. The van der Waals surface area contributed by atoms with Crippen LogP contribution in [-0.4, -0.2) is 53.9 Å². The lowest BCUT2D eigenvalue weighted by Crippen LogP contribution is -2.56. The highest BCUT2D eigenvalue weighted by molar-refractivity contribution is 5.84. The third-order valence-corrected chi connectivity index (χ3v) is 4.24. The molecule has 0 radical (unpaired) electrons. The molecule has 0 bridgehead atoms. The highest BCUT2D eigenvalue weighted by Crippen LogP contribution is 2.45. The van der Waals surface area contributed by atoms with Gasteiger partial charge in [0.1, 0.15) is 0 Å². The van der Waals surface area contributed by atoms with Gasteiger partial charge >= 0.3 is 6.18 Å². The lowest BCUT2D eigenvalue weighted by molar-refractivity contribution is -0.222. The second-order valence-electron chi connectivity index (χ2n) is 5.80. The summed E-state index contributed by atoms with van der Waals surface area (Å²) in [4.78, 5) is 13.5. The van der Waals surface area contributed by atoms with E-state index in [9.17, 15) is 23.1 Å². The number of carbonyl (C=O) groups excluding carboxylic acids is 1. The lowest BCUT2D eigenvalue weighted by Gasteiger charge is -2.40. The van der Waals surface area contributed by atoms with Gasteiger partial charge in [-0.3, -0.25) is 4.79 Å². The number of likely N-dealkylation sites (tertiary alicyclic amines) is 1. The van der Waals surface area contributed by atoms with Crippen molar-refractivity contribution in [2.75, 3.05) is 26.2 Å². The third-order valence-electron chi connectivity index (χ3n) is 4.24. The maximum Gasteiger partial charge on any atom is 0.404 e. The van der Waals surface area contributed by atoms with Gasteiger partial charge in [0, 0.05) is 19.6 Å². The summed E-state index contributed by atoms with van der Waals surface area (Å²) in [5.41, 5.74) is -3.16. The number of amides is 1. The van der Waals surface area contributed by atoms with Crippen LogP contribution < -0.4 is 5.32 Å². The average Bonchev–Trinajstić information content (AvgIpc) is 2.77. The predicted molar refractivity (Wildman–Crippen MR) is 62.4 cm³/mol. The van der Waals surface area contributed by atoms with E-state index in [0.29, 0.717) is 12.8 Å². The molecule has 1 amide bonds. The molecular formula is C12H19F3N2O2. The van der Waals surface area contributed by atoms with Crippen LogP contribution in [0.4, 0.5) is 13.2 Å². The summed E-state index contributed by atoms with van der Waals surface area (Å²) in [6.45, 7) is 1.87. The van der Waals surface area contributed by atoms with Crippen LogP contribution in [0.25, 0.3) is 0 Å². The molecule has 2 fully saturated rings. The van der Waals surface area contributed by atoms with Crippen molar-refractivity contribution in [2.24, 2.45) is 5.41 Å². The monoisotopic (exact) mass is 280 g/mol. The van der Waals surface area contributed by atoms with Gasteiger partial charge in [0.05, 0.1) is 5.60 Å². The Kier molecular flexibility index (Phi) is 3.55. The van der Waals surface area contributed by atoms with E-state index < -0.39 is 23.1 Å². The van der Waals surface area contributed by atoms with Crippen LogP contribution in [0.3, 0.4) is 0 Å². The first-order chi connectivity index (χ1) is 8.68. The first-order valence-electron chi connectivity index (χ1n) is 6.47. The van der Waals surface area contributed by atoms with E-state index in [-0.39, 0.29) is 32.6 Å². The van der Waals surface area contributed by atoms with Crippen molar-refractivity contribution in [3.8, 4) is 0 Å². The van der Waals surface area contributed by atoms with E-state index >= 15 is 0 Å². The number of hydrogen-bond acceptors (Lipinski definition) is 3. The topological polar surface area (TPSA) is 52.6 Å². The minimum absolute atomic E-state index is 0.184.